The van der Waals surface area contributed by atoms with Gasteiger partial charge in [-0.1, -0.05) is 47.1 Å². The second kappa shape index (κ2) is 7.28. The molecule has 0 radical (unpaired) electrons. The van der Waals surface area contributed by atoms with E-state index in [1.165, 1.54) is 0 Å². The molecule has 0 bridgehead atoms. The lowest BCUT2D eigenvalue weighted by atomic mass is 9.91. The van der Waals surface area contributed by atoms with Crippen molar-refractivity contribution in [2.75, 3.05) is 0 Å². The van der Waals surface area contributed by atoms with E-state index in [-0.39, 0.29) is 18.2 Å². The van der Waals surface area contributed by atoms with Crippen LogP contribution in [0.2, 0.25) is 0 Å². The summed E-state index contributed by atoms with van der Waals surface area (Å²) in [6, 6.07) is 7.54. The van der Waals surface area contributed by atoms with Gasteiger partial charge in [-0.25, -0.2) is 0 Å². The van der Waals surface area contributed by atoms with Crippen LogP contribution in [-0.4, -0.2) is 22.5 Å². The fourth-order valence-corrected chi connectivity index (χ4v) is 2.31. The monoisotopic (exact) mass is 341 g/mol. The van der Waals surface area contributed by atoms with Crippen LogP contribution in [0.15, 0.2) is 33.9 Å². The average Bonchev–Trinajstić information content (AvgIpc) is 2.46. The number of amides is 1. The van der Waals surface area contributed by atoms with E-state index in [4.69, 9.17) is 10.9 Å². The Labute approximate surface area is 127 Å². The van der Waals surface area contributed by atoms with Gasteiger partial charge in [-0.05, 0) is 30.5 Å². The molecule has 0 saturated carbocycles. The molecule has 0 spiro atoms. The second-order valence-corrected chi connectivity index (χ2v) is 5.54. The van der Waals surface area contributed by atoms with Crippen LogP contribution in [0, 0.1) is 0 Å². The summed E-state index contributed by atoms with van der Waals surface area (Å²) in [5, 5.41) is 14.8. The van der Waals surface area contributed by atoms with E-state index >= 15 is 0 Å². The Hall–Kier alpha value is -1.56. The van der Waals surface area contributed by atoms with E-state index in [2.05, 4.69) is 26.4 Å². The summed E-state index contributed by atoms with van der Waals surface area (Å²) in [7, 11) is 0. The predicted octanol–water partition coefficient (Wildman–Crippen LogP) is 2.41. The number of carbonyl (C=O) groups excluding carboxylic acids is 1. The maximum absolute atomic E-state index is 12.1. The number of oxime groups is 1. The van der Waals surface area contributed by atoms with Crippen molar-refractivity contribution < 1.29 is 10.0 Å². The SMILES string of the molecule is CCC(CC)(NC(=O)Cc1ccc(Br)cc1)/C(N)=N/O. The lowest BCUT2D eigenvalue weighted by molar-refractivity contribution is -0.121. The minimum atomic E-state index is -0.790. The fourth-order valence-electron chi connectivity index (χ4n) is 2.05. The normalized spacial score (nSPS) is 12.2. The van der Waals surface area contributed by atoms with Gasteiger partial charge in [-0.15, -0.1) is 0 Å². The Morgan fingerprint density at radius 1 is 1.35 bits per heavy atom. The first kappa shape index (κ1) is 16.5. The maximum Gasteiger partial charge on any atom is 0.225 e. The zero-order valence-corrected chi connectivity index (χ0v) is 13.3. The molecule has 20 heavy (non-hydrogen) atoms. The first-order valence-electron chi connectivity index (χ1n) is 6.51. The topological polar surface area (TPSA) is 87.7 Å². The number of hydrogen-bond acceptors (Lipinski definition) is 3. The van der Waals surface area contributed by atoms with Gasteiger partial charge in [0.1, 0.15) is 5.54 Å². The third-order valence-corrected chi connectivity index (χ3v) is 3.99. The number of hydrogen-bond donors (Lipinski definition) is 3. The largest absolute Gasteiger partial charge is 0.409 e. The molecule has 0 aromatic heterocycles. The molecule has 1 aromatic carbocycles. The molecule has 4 N–H and O–H groups in total. The molecular weight excluding hydrogens is 322 g/mol. The van der Waals surface area contributed by atoms with Crippen molar-refractivity contribution in [1.29, 1.82) is 0 Å². The summed E-state index contributed by atoms with van der Waals surface area (Å²) < 4.78 is 0.967. The smallest absolute Gasteiger partial charge is 0.225 e. The van der Waals surface area contributed by atoms with E-state index in [0.717, 1.165) is 10.0 Å². The van der Waals surface area contributed by atoms with Crippen molar-refractivity contribution in [3.63, 3.8) is 0 Å². The van der Waals surface area contributed by atoms with Gasteiger partial charge in [-0.2, -0.15) is 0 Å². The summed E-state index contributed by atoms with van der Waals surface area (Å²) in [5.74, 6) is -0.116. The Morgan fingerprint density at radius 2 is 1.90 bits per heavy atom. The molecule has 0 unspecified atom stereocenters. The van der Waals surface area contributed by atoms with E-state index in [9.17, 15) is 4.79 Å². The number of carbonyl (C=O) groups is 1. The number of rotatable bonds is 6. The molecule has 110 valence electrons. The molecule has 0 aliphatic carbocycles. The summed E-state index contributed by atoms with van der Waals surface area (Å²) in [6.45, 7) is 3.78. The molecule has 0 heterocycles. The van der Waals surface area contributed by atoms with Crippen LogP contribution in [0.1, 0.15) is 32.3 Å². The van der Waals surface area contributed by atoms with Crippen molar-refractivity contribution in [3.8, 4) is 0 Å². The number of halogens is 1. The van der Waals surface area contributed by atoms with Crippen molar-refractivity contribution >= 4 is 27.7 Å². The first-order valence-corrected chi connectivity index (χ1v) is 7.30. The molecule has 1 rings (SSSR count). The highest BCUT2D eigenvalue weighted by molar-refractivity contribution is 9.10. The number of benzene rings is 1. The molecular formula is C14H20BrN3O2. The highest BCUT2D eigenvalue weighted by Gasteiger charge is 2.33. The van der Waals surface area contributed by atoms with Crippen molar-refractivity contribution in [2.45, 2.75) is 38.6 Å². The zero-order valence-electron chi connectivity index (χ0n) is 11.7. The standard InChI is InChI=1S/C14H20BrN3O2/c1-3-14(4-2,13(16)18-20)17-12(19)9-10-5-7-11(15)8-6-10/h5-8,20H,3-4,9H2,1-2H3,(H2,16,18)(H,17,19). The Balaban J connectivity index is 2.79. The van der Waals surface area contributed by atoms with Gasteiger partial charge in [0.2, 0.25) is 5.91 Å². The van der Waals surface area contributed by atoms with Gasteiger partial charge in [0.05, 0.1) is 6.42 Å². The van der Waals surface area contributed by atoms with Gasteiger partial charge in [0, 0.05) is 4.47 Å². The minimum absolute atomic E-state index is 0.0339. The summed E-state index contributed by atoms with van der Waals surface area (Å²) in [5.41, 5.74) is 5.83. The molecule has 1 amide bonds. The summed E-state index contributed by atoms with van der Waals surface area (Å²) >= 11 is 3.35. The van der Waals surface area contributed by atoms with Gasteiger partial charge < -0.3 is 16.3 Å². The van der Waals surface area contributed by atoms with Crippen molar-refractivity contribution in [2.24, 2.45) is 10.9 Å². The number of amidine groups is 1. The predicted molar refractivity (Wildman–Crippen MR) is 82.7 cm³/mol. The molecule has 6 heteroatoms. The van der Waals surface area contributed by atoms with Crippen molar-refractivity contribution in [3.05, 3.63) is 34.3 Å². The first-order chi connectivity index (χ1) is 9.47. The van der Waals surface area contributed by atoms with Crippen LogP contribution in [0.25, 0.3) is 0 Å². The van der Waals surface area contributed by atoms with E-state index in [1.807, 2.05) is 38.1 Å². The maximum atomic E-state index is 12.1. The molecule has 0 saturated heterocycles. The molecule has 1 aromatic rings. The van der Waals surface area contributed by atoms with Gasteiger partial charge in [-0.3, -0.25) is 4.79 Å². The number of nitrogens with one attached hydrogen (secondary N) is 1. The quantitative estimate of drug-likeness (QED) is 0.321. The Kier molecular flexibility index (Phi) is 6.01. The third-order valence-electron chi connectivity index (χ3n) is 3.46. The molecule has 5 nitrogen and oxygen atoms in total. The second-order valence-electron chi connectivity index (χ2n) is 4.63. The lowest BCUT2D eigenvalue weighted by Crippen LogP contribution is -2.57. The average molecular weight is 342 g/mol. The third kappa shape index (κ3) is 3.96. The molecule has 0 aliphatic rings. The van der Waals surface area contributed by atoms with Crippen LogP contribution in [-0.2, 0) is 11.2 Å². The molecule has 0 atom stereocenters. The van der Waals surface area contributed by atoms with Gasteiger partial charge in [0.25, 0.3) is 0 Å². The molecule has 0 fully saturated rings. The van der Waals surface area contributed by atoms with E-state index in [1.54, 1.807) is 0 Å². The van der Waals surface area contributed by atoms with Gasteiger partial charge >= 0.3 is 0 Å². The van der Waals surface area contributed by atoms with Crippen LogP contribution >= 0.6 is 15.9 Å². The van der Waals surface area contributed by atoms with E-state index < -0.39 is 5.54 Å². The number of nitrogens with two attached hydrogens (primary N) is 1. The summed E-state index contributed by atoms with van der Waals surface area (Å²) in [4.78, 5) is 12.1. The lowest BCUT2D eigenvalue weighted by Gasteiger charge is -2.31. The van der Waals surface area contributed by atoms with E-state index in [0.29, 0.717) is 12.8 Å². The Bertz CT molecular complexity index is 482. The van der Waals surface area contributed by atoms with Gasteiger partial charge in [0.15, 0.2) is 5.84 Å². The van der Waals surface area contributed by atoms with Crippen LogP contribution in [0.5, 0.6) is 0 Å². The number of nitrogens with zero attached hydrogens (tertiary/aromatic N) is 1. The summed E-state index contributed by atoms with van der Waals surface area (Å²) in [6.07, 6.45) is 1.38. The fraction of sp³-hybridized carbons (Fsp3) is 0.429. The highest BCUT2D eigenvalue weighted by Crippen LogP contribution is 2.16. The minimum Gasteiger partial charge on any atom is -0.409 e. The van der Waals surface area contributed by atoms with Crippen LogP contribution in [0.3, 0.4) is 0 Å². The molecule has 0 aliphatic heterocycles. The van der Waals surface area contributed by atoms with Crippen molar-refractivity contribution in [1.82, 2.24) is 5.32 Å². The highest BCUT2D eigenvalue weighted by atomic mass is 79.9. The zero-order chi connectivity index (χ0) is 15.2. The van der Waals surface area contributed by atoms with Crippen LogP contribution in [0.4, 0.5) is 0 Å². The Morgan fingerprint density at radius 3 is 2.35 bits per heavy atom. The van der Waals surface area contributed by atoms with Crippen LogP contribution < -0.4 is 11.1 Å².